The molecule has 1 rings (SSSR count). The summed E-state index contributed by atoms with van der Waals surface area (Å²) in [4.78, 5) is 10.5. The van der Waals surface area contributed by atoms with E-state index in [1.165, 1.54) is 0 Å². The Bertz CT molecular complexity index is 500. The second kappa shape index (κ2) is 4.06. The number of hydrogen-bond acceptors (Lipinski definition) is 5. The lowest BCUT2D eigenvalue weighted by atomic mass is 10.1. The van der Waals surface area contributed by atoms with Gasteiger partial charge in [-0.15, -0.1) is 0 Å². The Hall–Kier alpha value is -1.67. The van der Waals surface area contributed by atoms with E-state index in [0.29, 0.717) is 12.1 Å². The first-order valence-corrected chi connectivity index (χ1v) is 5.40. The standard InChI is InChI=1S/C8H7FO6S/c9-5-1-4(2-6(11)8(5)12)7(3-10)16(13,14)15/h1-3,7,11-12H,(H,13,14,15). The molecule has 88 valence electrons. The van der Waals surface area contributed by atoms with Gasteiger partial charge < -0.3 is 15.0 Å². The lowest BCUT2D eigenvalue weighted by Gasteiger charge is -2.08. The number of benzene rings is 1. The molecule has 1 atom stereocenters. The van der Waals surface area contributed by atoms with Crippen LogP contribution in [0.3, 0.4) is 0 Å². The maximum Gasteiger partial charge on any atom is 0.278 e. The van der Waals surface area contributed by atoms with Crippen LogP contribution in [0.25, 0.3) is 0 Å². The summed E-state index contributed by atoms with van der Waals surface area (Å²) in [5.41, 5.74) is -0.481. The summed E-state index contributed by atoms with van der Waals surface area (Å²) in [6.07, 6.45) is -0.124. The van der Waals surface area contributed by atoms with E-state index >= 15 is 0 Å². The molecule has 0 spiro atoms. The Morgan fingerprint density at radius 1 is 1.31 bits per heavy atom. The quantitative estimate of drug-likeness (QED) is 0.406. The van der Waals surface area contributed by atoms with E-state index in [4.69, 9.17) is 14.8 Å². The molecule has 16 heavy (non-hydrogen) atoms. The van der Waals surface area contributed by atoms with E-state index in [9.17, 15) is 17.6 Å². The van der Waals surface area contributed by atoms with Gasteiger partial charge in [0.05, 0.1) is 0 Å². The van der Waals surface area contributed by atoms with Crippen LogP contribution >= 0.6 is 0 Å². The number of phenolic OH excluding ortho intramolecular Hbond substituents is 2. The topological polar surface area (TPSA) is 112 Å². The van der Waals surface area contributed by atoms with Crippen molar-refractivity contribution < 1.29 is 32.4 Å². The molecular formula is C8H7FO6S. The van der Waals surface area contributed by atoms with Crippen molar-refractivity contribution in [3.8, 4) is 11.5 Å². The van der Waals surface area contributed by atoms with Gasteiger partial charge in [-0.3, -0.25) is 4.55 Å². The molecule has 0 heterocycles. The molecule has 8 heteroatoms. The molecule has 0 aliphatic rings. The summed E-state index contributed by atoms with van der Waals surface area (Å²) in [7, 11) is -4.74. The van der Waals surface area contributed by atoms with Crippen molar-refractivity contribution in [1.29, 1.82) is 0 Å². The smallest absolute Gasteiger partial charge is 0.278 e. The number of phenols is 2. The van der Waals surface area contributed by atoms with Crippen LogP contribution in [0, 0.1) is 5.82 Å². The van der Waals surface area contributed by atoms with Gasteiger partial charge in [-0.25, -0.2) is 4.39 Å². The number of carbonyl (C=O) groups is 1. The minimum atomic E-state index is -4.74. The van der Waals surface area contributed by atoms with Gasteiger partial charge >= 0.3 is 0 Å². The zero-order chi connectivity index (χ0) is 12.5. The van der Waals surface area contributed by atoms with Gasteiger partial charge in [-0.1, -0.05) is 0 Å². The van der Waals surface area contributed by atoms with Gasteiger partial charge in [0.15, 0.2) is 22.6 Å². The number of halogens is 1. The molecule has 1 unspecified atom stereocenters. The van der Waals surface area contributed by atoms with Crippen molar-refractivity contribution in [3.63, 3.8) is 0 Å². The Kier molecular flexibility index (Phi) is 3.15. The molecule has 0 bridgehead atoms. The number of rotatable bonds is 3. The van der Waals surface area contributed by atoms with E-state index in [2.05, 4.69) is 0 Å². The molecule has 0 aliphatic heterocycles. The molecule has 0 aliphatic carbocycles. The Labute approximate surface area is 89.7 Å². The monoisotopic (exact) mass is 250 g/mol. The fourth-order valence-electron chi connectivity index (χ4n) is 1.09. The minimum Gasteiger partial charge on any atom is -0.504 e. The van der Waals surface area contributed by atoms with Gasteiger partial charge in [0, 0.05) is 0 Å². The van der Waals surface area contributed by atoms with E-state index in [-0.39, 0.29) is 6.29 Å². The number of hydrogen-bond donors (Lipinski definition) is 3. The molecule has 0 saturated heterocycles. The highest BCUT2D eigenvalue weighted by molar-refractivity contribution is 7.86. The van der Waals surface area contributed by atoms with Crippen molar-refractivity contribution in [3.05, 3.63) is 23.5 Å². The Balaban J connectivity index is 3.39. The van der Waals surface area contributed by atoms with Crippen LogP contribution in [0.5, 0.6) is 11.5 Å². The first-order valence-electron chi connectivity index (χ1n) is 3.90. The zero-order valence-electron chi connectivity index (χ0n) is 7.66. The van der Waals surface area contributed by atoms with Crippen LogP contribution < -0.4 is 0 Å². The summed E-state index contributed by atoms with van der Waals surface area (Å²) in [6, 6.07) is 1.20. The third-order valence-corrected chi connectivity index (χ3v) is 2.86. The van der Waals surface area contributed by atoms with Crippen LogP contribution in [0.1, 0.15) is 10.8 Å². The van der Waals surface area contributed by atoms with Gasteiger partial charge in [-0.2, -0.15) is 8.42 Å². The maximum atomic E-state index is 12.9. The molecule has 1 aromatic carbocycles. The van der Waals surface area contributed by atoms with Gasteiger partial charge in [0.2, 0.25) is 0 Å². The minimum absolute atomic E-state index is 0.124. The highest BCUT2D eigenvalue weighted by Gasteiger charge is 2.26. The molecule has 1 aromatic rings. The fraction of sp³-hybridized carbons (Fsp3) is 0.125. The molecule has 0 fully saturated rings. The van der Waals surface area contributed by atoms with Gasteiger partial charge in [0.25, 0.3) is 10.1 Å². The molecule has 0 amide bonds. The van der Waals surface area contributed by atoms with Gasteiger partial charge in [-0.05, 0) is 17.7 Å². The molecular weight excluding hydrogens is 243 g/mol. The predicted molar refractivity (Wildman–Crippen MR) is 50.1 cm³/mol. The SMILES string of the molecule is O=CC(c1cc(O)c(O)c(F)c1)S(=O)(=O)O. The van der Waals surface area contributed by atoms with Crippen LogP contribution in [-0.2, 0) is 14.9 Å². The molecule has 0 radical (unpaired) electrons. The summed E-state index contributed by atoms with van der Waals surface area (Å²) < 4.78 is 43.0. The number of aromatic hydroxyl groups is 2. The van der Waals surface area contributed by atoms with Crippen molar-refractivity contribution in [1.82, 2.24) is 0 Å². The first-order chi connectivity index (χ1) is 7.27. The summed E-state index contributed by atoms with van der Waals surface area (Å²) in [5, 5.41) is 15.9. The molecule has 0 aromatic heterocycles. The average Bonchev–Trinajstić information content (AvgIpc) is 2.12. The van der Waals surface area contributed by atoms with E-state index in [1.54, 1.807) is 0 Å². The zero-order valence-corrected chi connectivity index (χ0v) is 8.48. The summed E-state index contributed by atoms with van der Waals surface area (Å²) in [5.74, 6) is -3.29. The molecule has 3 N–H and O–H groups in total. The summed E-state index contributed by atoms with van der Waals surface area (Å²) in [6.45, 7) is 0. The fourth-order valence-corrected chi connectivity index (χ4v) is 1.71. The maximum absolute atomic E-state index is 12.9. The first kappa shape index (κ1) is 12.4. The number of aldehydes is 1. The highest BCUT2D eigenvalue weighted by atomic mass is 32.2. The van der Waals surface area contributed by atoms with Crippen LogP contribution in [0.4, 0.5) is 4.39 Å². The second-order valence-corrected chi connectivity index (χ2v) is 4.48. The van der Waals surface area contributed by atoms with Crippen LogP contribution in [-0.4, -0.2) is 29.5 Å². The lowest BCUT2D eigenvalue weighted by molar-refractivity contribution is -0.107. The van der Waals surface area contributed by atoms with Crippen molar-refractivity contribution in [2.75, 3.05) is 0 Å². The summed E-state index contributed by atoms with van der Waals surface area (Å²) >= 11 is 0. The van der Waals surface area contributed by atoms with Crippen molar-refractivity contribution in [2.45, 2.75) is 5.25 Å². The second-order valence-electron chi connectivity index (χ2n) is 2.94. The van der Waals surface area contributed by atoms with Crippen molar-refractivity contribution >= 4 is 16.4 Å². The van der Waals surface area contributed by atoms with E-state index in [1.807, 2.05) is 0 Å². The van der Waals surface area contributed by atoms with E-state index in [0.717, 1.165) is 0 Å². The normalized spacial score (nSPS) is 13.4. The van der Waals surface area contributed by atoms with Crippen LogP contribution in [0.15, 0.2) is 12.1 Å². The largest absolute Gasteiger partial charge is 0.504 e. The van der Waals surface area contributed by atoms with E-state index < -0.39 is 38.2 Å². The Morgan fingerprint density at radius 3 is 2.25 bits per heavy atom. The number of carbonyl (C=O) groups excluding carboxylic acids is 1. The highest BCUT2D eigenvalue weighted by Crippen LogP contribution is 2.32. The van der Waals surface area contributed by atoms with Crippen molar-refractivity contribution in [2.24, 2.45) is 0 Å². The lowest BCUT2D eigenvalue weighted by Crippen LogP contribution is -2.13. The molecule has 0 saturated carbocycles. The average molecular weight is 250 g/mol. The third kappa shape index (κ3) is 2.28. The van der Waals surface area contributed by atoms with Gasteiger partial charge in [0.1, 0.15) is 6.29 Å². The third-order valence-electron chi connectivity index (χ3n) is 1.84. The van der Waals surface area contributed by atoms with Crippen LogP contribution in [0.2, 0.25) is 0 Å². The predicted octanol–water partition coefficient (Wildman–Crippen LogP) is 0.365. The Morgan fingerprint density at radius 2 is 1.88 bits per heavy atom. The molecule has 6 nitrogen and oxygen atoms in total.